The van der Waals surface area contributed by atoms with Crippen molar-refractivity contribution in [3.8, 4) is 0 Å². The van der Waals surface area contributed by atoms with Gasteiger partial charge in [-0.1, -0.05) is 20.8 Å². The summed E-state index contributed by atoms with van der Waals surface area (Å²) in [5, 5.41) is 0. The number of alkyl halides is 3. The Labute approximate surface area is 170 Å². The molecular formula is C21H29F3O4S. The molecular weight excluding hydrogens is 405 g/mol. The fourth-order valence-corrected chi connectivity index (χ4v) is 8.32. The fourth-order valence-electron chi connectivity index (χ4n) is 7.73. The lowest BCUT2D eigenvalue weighted by atomic mass is 9.44. The van der Waals surface area contributed by atoms with Gasteiger partial charge in [0.05, 0.1) is 6.10 Å². The van der Waals surface area contributed by atoms with E-state index in [4.69, 9.17) is 4.74 Å². The Balaban J connectivity index is 1.42. The number of hydrogen-bond acceptors (Lipinski definition) is 4. The summed E-state index contributed by atoms with van der Waals surface area (Å²) in [6.45, 7) is 6.55. The minimum absolute atomic E-state index is 0.00533. The largest absolute Gasteiger partial charge is 0.534 e. The first-order valence-corrected chi connectivity index (χ1v) is 12.1. The van der Waals surface area contributed by atoms with Crippen LogP contribution in [0.2, 0.25) is 0 Å². The molecule has 0 aromatic carbocycles. The van der Waals surface area contributed by atoms with Crippen molar-refractivity contribution in [3.63, 3.8) is 0 Å². The molecule has 5 aliphatic rings. The fraction of sp³-hybridized carbons (Fsp3) is 0.905. The van der Waals surface area contributed by atoms with E-state index in [0.717, 1.165) is 25.7 Å². The number of epoxide rings is 1. The summed E-state index contributed by atoms with van der Waals surface area (Å²) in [5.41, 5.74) is -5.97. The van der Waals surface area contributed by atoms with Crippen LogP contribution in [0.15, 0.2) is 11.8 Å². The molecule has 5 rings (SSSR count). The van der Waals surface area contributed by atoms with E-state index in [1.807, 2.05) is 6.92 Å². The summed E-state index contributed by atoms with van der Waals surface area (Å²) in [6, 6.07) is 0. The van der Waals surface area contributed by atoms with Crippen molar-refractivity contribution < 1.29 is 30.5 Å². The van der Waals surface area contributed by atoms with Crippen molar-refractivity contribution in [2.45, 2.75) is 82.9 Å². The highest BCUT2D eigenvalue weighted by Crippen LogP contribution is 2.73. The van der Waals surface area contributed by atoms with Gasteiger partial charge in [-0.05, 0) is 74.7 Å². The minimum Gasteiger partial charge on any atom is -0.380 e. The molecule has 0 radical (unpaired) electrons. The topological polar surface area (TPSA) is 55.9 Å². The van der Waals surface area contributed by atoms with Crippen LogP contribution in [0.25, 0.3) is 0 Å². The molecule has 0 aromatic heterocycles. The van der Waals surface area contributed by atoms with E-state index >= 15 is 0 Å². The van der Waals surface area contributed by atoms with Crippen LogP contribution in [0.4, 0.5) is 13.2 Å². The van der Waals surface area contributed by atoms with Gasteiger partial charge in [-0.25, -0.2) is 0 Å². The van der Waals surface area contributed by atoms with Gasteiger partial charge in [0.15, 0.2) is 0 Å². The number of hydrogen-bond donors (Lipinski definition) is 0. The summed E-state index contributed by atoms with van der Waals surface area (Å²) < 4.78 is 72.9. The second-order valence-corrected chi connectivity index (χ2v) is 12.2. The van der Waals surface area contributed by atoms with Crippen LogP contribution in [0.5, 0.6) is 0 Å². The van der Waals surface area contributed by atoms with E-state index in [-0.39, 0.29) is 28.8 Å². The van der Waals surface area contributed by atoms with E-state index < -0.39 is 21.0 Å². The number of halogens is 3. The molecule has 1 spiro atoms. The Morgan fingerprint density at radius 2 is 1.90 bits per heavy atom. The van der Waals surface area contributed by atoms with Gasteiger partial charge < -0.3 is 8.92 Å². The summed E-state index contributed by atoms with van der Waals surface area (Å²) in [4.78, 5) is 0. The summed E-state index contributed by atoms with van der Waals surface area (Å²) in [5.74, 6) is 1.57. The normalized spacial score (nSPS) is 51.2. The minimum atomic E-state index is -5.63. The van der Waals surface area contributed by atoms with Crippen molar-refractivity contribution in [2.75, 3.05) is 0 Å². The highest BCUT2D eigenvalue weighted by atomic mass is 32.2. The van der Waals surface area contributed by atoms with Crippen molar-refractivity contribution in [3.05, 3.63) is 11.8 Å². The molecule has 0 aromatic rings. The predicted octanol–water partition coefficient (Wildman–Crippen LogP) is 5.16. The van der Waals surface area contributed by atoms with E-state index in [2.05, 4.69) is 18.0 Å². The predicted molar refractivity (Wildman–Crippen MR) is 99.9 cm³/mol. The van der Waals surface area contributed by atoms with E-state index in [0.29, 0.717) is 30.6 Å². The van der Waals surface area contributed by atoms with Gasteiger partial charge in [0.25, 0.3) is 0 Å². The number of allylic oxidation sites excluding steroid dienone is 2. The van der Waals surface area contributed by atoms with Gasteiger partial charge in [-0.3, -0.25) is 0 Å². The zero-order chi connectivity index (χ0) is 21.0. The van der Waals surface area contributed by atoms with Crippen LogP contribution in [-0.2, 0) is 19.0 Å². The van der Waals surface area contributed by atoms with Crippen molar-refractivity contribution in [1.29, 1.82) is 0 Å². The molecule has 1 saturated heterocycles. The van der Waals surface area contributed by atoms with Gasteiger partial charge >= 0.3 is 15.6 Å². The molecule has 164 valence electrons. The van der Waals surface area contributed by atoms with Crippen molar-refractivity contribution in [2.24, 2.45) is 34.5 Å². The standard InChI is InChI=1S/C21H29F3O4S/c1-12-6-9-19(3)15-7-8-18(2)14(13(15)10-17-20(19,11-12)27-17)4-5-16(18)28-29(25,26)21(22,23)24/h5,12-15,17H,4,6-11H2,1-3H3/t12-,13-,14-,15-,17?,18-,19+,20+/m0/s1. The van der Waals surface area contributed by atoms with Crippen molar-refractivity contribution in [1.82, 2.24) is 0 Å². The first kappa shape index (κ1) is 20.2. The van der Waals surface area contributed by atoms with Crippen molar-refractivity contribution >= 4 is 10.1 Å². The first-order chi connectivity index (χ1) is 13.3. The van der Waals surface area contributed by atoms with Gasteiger partial charge in [0, 0.05) is 10.8 Å². The molecule has 29 heavy (non-hydrogen) atoms. The Morgan fingerprint density at radius 1 is 1.17 bits per heavy atom. The maximum absolute atomic E-state index is 12.9. The molecule has 1 aliphatic heterocycles. The first-order valence-electron chi connectivity index (χ1n) is 10.7. The highest BCUT2D eigenvalue weighted by molar-refractivity contribution is 7.87. The molecule has 8 atom stereocenters. The number of rotatable bonds is 2. The third kappa shape index (κ3) is 2.50. The second kappa shape index (κ2) is 5.72. The number of ether oxygens (including phenoxy) is 1. The van der Waals surface area contributed by atoms with Crippen LogP contribution in [0.3, 0.4) is 0 Å². The molecule has 0 amide bonds. The lowest BCUT2D eigenvalue weighted by Crippen LogP contribution is -2.57. The molecule has 4 aliphatic carbocycles. The van der Waals surface area contributed by atoms with Crippen LogP contribution in [-0.4, -0.2) is 25.6 Å². The summed E-state index contributed by atoms with van der Waals surface area (Å²) in [6.07, 6.45) is 8.31. The maximum Gasteiger partial charge on any atom is 0.534 e. The molecule has 4 nitrogen and oxygen atoms in total. The molecule has 1 unspecified atom stereocenters. The lowest BCUT2D eigenvalue weighted by molar-refractivity contribution is -0.0967. The average Bonchev–Trinajstić information content (AvgIpc) is 3.20. The summed E-state index contributed by atoms with van der Waals surface area (Å²) in [7, 11) is -5.63. The molecule has 4 fully saturated rings. The molecule has 1 heterocycles. The Bertz CT molecular complexity index is 868. The zero-order valence-corrected chi connectivity index (χ0v) is 17.9. The van der Waals surface area contributed by atoms with E-state index in [1.54, 1.807) is 6.08 Å². The van der Waals surface area contributed by atoms with Gasteiger partial charge in [0.1, 0.15) is 11.4 Å². The smallest absolute Gasteiger partial charge is 0.380 e. The average molecular weight is 435 g/mol. The molecule has 8 heteroatoms. The molecule has 3 saturated carbocycles. The number of fused-ring (bicyclic) bond motifs is 4. The van der Waals surface area contributed by atoms with Crippen LogP contribution < -0.4 is 0 Å². The maximum atomic E-state index is 12.9. The molecule has 0 bridgehead atoms. The zero-order valence-electron chi connectivity index (χ0n) is 17.1. The van der Waals surface area contributed by atoms with Gasteiger partial charge in [-0.2, -0.15) is 21.6 Å². The van der Waals surface area contributed by atoms with Gasteiger partial charge in [0.2, 0.25) is 0 Å². The van der Waals surface area contributed by atoms with Crippen LogP contribution in [0, 0.1) is 34.5 Å². The molecule has 0 N–H and O–H groups in total. The SMILES string of the molecule is C[C@H]1CC[C@]2(C)[C@H]3CC[C@]4(C)C(OS(=O)(=O)C(F)(F)F)=CC[C@H]4[C@@H]3CC3O[C@]32C1. The second-order valence-electron chi connectivity index (χ2n) is 10.6. The van der Waals surface area contributed by atoms with Gasteiger partial charge in [-0.15, -0.1) is 0 Å². The monoisotopic (exact) mass is 434 g/mol. The third-order valence-corrected chi connectivity index (χ3v) is 10.3. The third-order valence-electron chi connectivity index (χ3n) is 9.32. The Morgan fingerprint density at radius 3 is 2.59 bits per heavy atom. The van der Waals surface area contributed by atoms with Crippen LogP contribution in [0.1, 0.15) is 65.7 Å². The Kier molecular flexibility index (Phi) is 3.98. The van der Waals surface area contributed by atoms with E-state index in [9.17, 15) is 21.6 Å². The summed E-state index contributed by atoms with van der Waals surface area (Å²) >= 11 is 0. The lowest BCUT2D eigenvalue weighted by Gasteiger charge is -2.58. The van der Waals surface area contributed by atoms with E-state index in [1.165, 1.54) is 6.42 Å². The van der Waals surface area contributed by atoms with Crippen LogP contribution >= 0.6 is 0 Å². The highest BCUT2D eigenvalue weighted by Gasteiger charge is 2.75. The quantitative estimate of drug-likeness (QED) is 0.342. The Hall–Kier alpha value is -0.760.